The van der Waals surface area contributed by atoms with Gasteiger partial charge in [0, 0.05) is 11.1 Å². The lowest BCUT2D eigenvalue weighted by atomic mass is 10.2. The van der Waals surface area contributed by atoms with Gasteiger partial charge in [-0.05, 0) is 48.5 Å². The monoisotopic (exact) mass is 338 g/mol. The zero-order valence-electron chi connectivity index (χ0n) is 12.8. The van der Waals surface area contributed by atoms with E-state index in [0.29, 0.717) is 28.9 Å². The topological polar surface area (TPSA) is 87.1 Å². The molecule has 2 heterocycles. The molecule has 0 fully saturated rings. The fraction of sp³-hybridized carbons (Fsp3) is 0.0588. The standard InChI is InChI=1S/C17H11FN4O3/c18-13-5-1-11(2-6-13)16-20-15(25-22-16)9-23-14-7-3-12(4-8-14)17-21-19-10-24-17/h1-8,10H,9H2. The molecule has 4 rings (SSSR count). The number of ether oxygens (including phenoxy) is 1. The molecule has 8 heteroatoms. The summed E-state index contributed by atoms with van der Waals surface area (Å²) in [6.07, 6.45) is 1.27. The second-order valence-corrected chi connectivity index (χ2v) is 5.08. The van der Waals surface area contributed by atoms with Crippen LogP contribution in [-0.4, -0.2) is 20.3 Å². The van der Waals surface area contributed by atoms with Crippen LogP contribution in [0.25, 0.3) is 22.8 Å². The highest BCUT2D eigenvalue weighted by molar-refractivity contribution is 5.54. The van der Waals surface area contributed by atoms with E-state index in [1.807, 2.05) is 0 Å². The van der Waals surface area contributed by atoms with Crippen molar-refractivity contribution in [1.29, 1.82) is 0 Å². The van der Waals surface area contributed by atoms with Gasteiger partial charge in [0.25, 0.3) is 5.89 Å². The number of nitrogens with zero attached hydrogens (tertiary/aromatic N) is 4. The third-order valence-corrected chi connectivity index (χ3v) is 3.39. The van der Waals surface area contributed by atoms with Gasteiger partial charge >= 0.3 is 0 Å². The molecule has 2 aromatic carbocycles. The normalized spacial score (nSPS) is 10.8. The average molecular weight is 338 g/mol. The van der Waals surface area contributed by atoms with Crippen molar-refractivity contribution in [1.82, 2.24) is 20.3 Å². The van der Waals surface area contributed by atoms with Gasteiger partial charge in [-0.25, -0.2) is 4.39 Å². The Morgan fingerprint density at radius 3 is 2.44 bits per heavy atom. The number of rotatable bonds is 5. The maximum Gasteiger partial charge on any atom is 0.264 e. The molecule has 7 nitrogen and oxygen atoms in total. The molecule has 4 aromatic rings. The molecule has 0 bridgehead atoms. The smallest absolute Gasteiger partial charge is 0.264 e. The molecule has 0 aliphatic rings. The molecule has 0 radical (unpaired) electrons. The van der Waals surface area contributed by atoms with E-state index in [1.54, 1.807) is 36.4 Å². The van der Waals surface area contributed by atoms with Crippen molar-refractivity contribution in [3.05, 3.63) is 66.6 Å². The van der Waals surface area contributed by atoms with Crippen LogP contribution < -0.4 is 4.74 Å². The molecule has 0 saturated carbocycles. The minimum Gasteiger partial charge on any atom is -0.484 e. The van der Waals surface area contributed by atoms with Crippen molar-refractivity contribution in [3.63, 3.8) is 0 Å². The summed E-state index contributed by atoms with van der Waals surface area (Å²) in [5, 5.41) is 11.3. The molecule has 0 amide bonds. The fourth-order valence-electron chi connectivity index (χ4n) is 2.17. The lowest BCUT2D eigenvalue weighted by Gasteiger charge is -2.03. The van der Waals surface area contributed by atoms with E-state index in [2.05, 4.69) is 20.3 Å². The molecule has 124 valence electrons. The van der Waals surface area contributed by atoms with Gasteiger partial charge in [0.1, 0.15) is 11.6 Å². The van der Waals surface area contributed by atoms with Crippen LogP contribution in [0.1, 0.15) is 5.89 Å². The summed E-state index contributed by atoms with van der Waals surface area (Å²) in [5.74, 6) is 1.45. The predicted molar refractivity (Wildman–Crippen MR) is 83.8 cm³/mol. The van der Waals surface area contributed by atoms with Gasteiger partial charge < -0.3 is 13.7 Å². The first-order valence-corrected chi connectivity index (χ1v) is 7.36. The summed E-state index contributed by atoms with van der Waals surface area (Å²) in [4.78, 5) is 4.22. The Morgan fingerprint density at radius 2 is 1.72 bits per heavy atom. The van der Waals surface area contributed by atoms with E-state index < -0.39 is 0 Å². The van der Waals surface area contributed by atoms with Crippen molar-refractivity contribution >= 4 is 0 Å². The van der Waals surface area contributed by atoms with Crippen molar-refractivity contribution < 1.29 is 18.1 Å². The summed E-state index contributed by atoms with van der Waals surface area (Å²) >= 11 is 0. The highest BCUT2D eigenvalue weighted by Crippen LogP contribution is 2.21. The molecule has 0 saturated heterocycles. The number of halogens is 1. The average Bonchev–Trinajstić information content (AvgIpc) is 3.33. The second-order valence-electron chi connectivity index (χ2n) is 5.08. The second kappa shape index (κ2) is 6.52. The Hall–Kier alpha value is -3.55. The van der Waals surface area contributed by atoms with Gasteiger partial charge in [0.2, 0.25) is 18.1 Å². The Balaban J connectivity index is 1.41. The SMILES string of the molecule is Fc1ccc(-c2noc(COc3ccc(-c4nnco4)cc3)n2)cc1. The molecular formula is C17H11FN4O3. The van der Waals surface area contributed by atoms with E-state index in [0.717, 1.165) is 5.56 Å². The number of hydrogen-bond donors (Lipinski definition) is 0. The minimum atomic E-state index is -0.320. The molecule has 25 heavy (non-hydrogen) atoms. The largest absolute Gasteiger partial charge is 0.484 e. The summed E-state index contributed by atoms with van der Waals surface area (Å²) in [7, 11) is 0. The molecule has 0 spiro atoms. The fourth-order valence-corrected chi connectivity index (χ4v) is 2.17. The predicted octanol–water partition coefficient (Wildman–Crippen LogP) is 3.50. The van der Waals surface area contributed by atoms with Crippen LogP contribution in [0.4, 0.5) is 4.39 Å². The van der Waals surface area contributed by atoms with Gasteiger partial charge in [0.05, 0.1) is 0 Å². The molecule has 0 aliphatic carbocycles. The molecule has 0 unspecified atom stereocenters. The Bertz CT molecular complexity index is 950. The zero-order valence-corrected chi connectivity index (χ0v) is 12.8. The van der Waals surface area contributed by atoms with Crippen LogP contribution in [0.5, 0.6) is 5.75 Å². The lowest BCUT2D eigenvalue weighted by Crippen LogP contribution is -1.95. The van der Waals surface area contributed by atoms with Gasteiger partial charge in [-0.3, -0.25) is 0 Å². The third kappa shape index (κ3) is 3.37. The van der Waals surface area contributed by atoms with E-state index in [-0.39, 0.29) is 12.4 Å². The Kier molecular flexibility index (Phi) is 3.91. The highest BCUT2D eigenvalue weighted by atomic mass is 19.1. The van der Waals surface area contributed by atoms with Crippen LogP contribution in [0.15, 0.2) is 63.9 Å². The van der Waals surface area contributed by atoms with Crippen molar-refractivity contribution in [2.75, 3.05) is 0 Å². The van der Waals surface area contributed by atoms with Gasteiger partial charge in [-0.1, -0.05) is 5.16 Å². The summed E-state index contributed by atoms with van der Waals surface area (Å²) in [6.45, 7) is 0.119. The third-order valence-electron chi connectivity index (χ3n) is 3.39. The van der Waals surface area contributed by atoms with Gasteiger partial charge in [-0.15, -0.1) is 10.2 Å². The minimum absolute atomic E-state index is 0.119. The Morgan fingerprint density at radius 1 is 0.960 bits per heavy atom. The summed E-state index contributed by atoms with van der Waals surface area (Å²) in [6, 6.07) is 13.0. The van der Waals surface area contributed by atoms with Crippen LogP contribution in [0, 0.1) is 5.82 Å². The lowest BCUT2D eigenvalue weighted by molar-refractivity contribution is 0.243. The van der Waals surface area contributed by atoms with Gasteiger partial charge in [0.15, 0.2) is 6.61 Å². The van der Waals surface area contributed by atoms with E-state index >= 15 is 0 Å². The van der Waals surface area contributed by atoms with Crippen molar-refractivity contribution in [3.8, 4) is 28.6 Å². The number of hydrogen-bond acceptors (Lipinski definition) is 7. The summed E-state index contributed by atoms with van der Waals surface area (Å²) in [5.41, 5.74) is 1.46. The number of benzene rings is 2. The van der Waals surface area contributed by atoms with Crippen LogP contribution in [0.3, 0.4) is 0 Å². The summed E-state index contributed by atoms with van der Waals surface area (Å²) < 4.78 is 28.8. The molecule has 0 atom stereocenters. The molecular weight excluding hydrogens is 327 g/mol. The quantitative estimate of drug-likeness (QED) is 0.550. The zero-order chi connectivity index (χ0) is 17.1. The van der Waals surface area contributed by atoms with Crippen LogP contribution >= 0.6 is 0 Å². The highest BCUT2D eigenvalue weighted by Gasteiger charge is 2.10. The van der Waals surface area contributed by atoms with E-state index in [4.69, 9.17) is 13.7 Å². The van der Waals surface area contributed by atoms with Crippen molar-refractivity contribution in [2.45, 2.75) is 6.61 Å². The van der Waals surface area contributed by atoms with Gasteiger partial charge in [-0.2, -0.15) is 4.98 Å². The maximum atomic E-state index is 12.9. The van der Waals surface area contributed by atoms with Crippen molar-refractivity contribution in [2.24, 2.45) is 0 Å². The Labute approximate surface area is 141 Å². The number of aromatic nitrogens is 4. The maximum absolute atomic E-state index is 12.9. The first-order valence-electron chi connectivity index (χ1n) is 7.36. The first kappa shape index (κ1) is 15.0. The van der Waals surface area contributed by atoms with Crippen LogP contribution in [-0.2, 0) is 6.61 Å². The molecule has 2 aromatic heterocycles. The molecule has 0 N–H and O–H groups in total. The first-order chi connectivity index (χ1) is 12.3. The van der Waals surface area contributed by atoms with E-state index in [1.165, 1.54) is 18.5 Å². The van der Waals surface area contributed by atoms with E-state index in [9.17, 15) is 4.39 Å². The van der Waals surface area contributed by atoms with Crippen LogP contribution in [0.2, 0.25) is 0 Å². The molecule has 0 aliphatic heterocycles.